The normalized spacial score (nSPS) is 13.3. The Hall–Kier alpha value is -4.89. The molecule has 0 atom stereocenters. The molecule has 1 aliphatic rings. The average Bonchev–Trinajstić information content (AvgIpc) is 3.41. The van der Waals surface area contributed by atoms with Crippen molar-refractivity contribution in [2.45, 2.75) is 20.5 Å². The maximum atomic E-state index is 12.9. The molecular weight excluding hydrogens is 532 g/mol. The molecule has 6 rings (SSSR count). The first-order valence-corrected chi connectivity index (χ1v) is 14.1. The lowest BCUT2D eigenvalue weighted by Gasteiger charge is -2.28. The van der Waals surface area contributed by atoms with Gasteiger partial charge in [0, 0.05) is 52.5 Å². The van der Waals surface area contributed by atoms with Gasteiger partial charge in [-0.1, -0.05) is 42.5 Å². The number of H-pyrrole nitrogens is 1. The summed E-state index contributed by atoms with van der Waals surface area (Å²) in [6.45, 7) is 7.12. The number of pyridine rings is 1. The number of nitrogens with zero attached hydrogens (tertiary/aromatic N) is 2. The molecule has 3 heterocycles. The third-order valence-electron chi connectivity index (χ3n) is 7.53. The van der Waals surface area contributed by atoms with E-state index in [2.05, 4.69) is 32.3 Å². The van der Waals surface area contributed by atoms with Crippen LogP contribution >= 0.6 is 0 Å². The summed E-state index contributed by atoms with van der Waals surface area (Å²) < 4.78 is 16.3. The Morgan fingerprint density at radius 3 is 2.60 bits per heavy atom. The largest absolute Gasteiger partial charge is 0.461 e. The minimum Gasteiger partial charge on any atom is -0.461 e. The van der Waals surface area contributed by atoms with Crippen molar-refractivity contribution < 1.29 is 23.8 Å². The van der Waals surface area contributed by atoms with Gasteiger partial charge in [-0.05, 0) is 54.8 Å². The van der Waals surface area contributed by atoms with Crippen molar-refractivity contribution in [1.82, 2.24) is 9.97 Å². The van der Waals surface area contributed by atoms with E-state index in [1.165, 1.54) is 0 Å². The molecule has 42 heavy (non-hydrogen) atoms. The van der Waals surface area contributed by atoms with Crippen molar-refractivity contribution in [3.05, 3.63) is 89.7 Å². The standard InChI is InChI=1S/C33H32N4O5/c1-3-41-32(38)31-30-29(25-18-23(12-13-28(25)35-30)37-14-16-40-17-15-37)26(19-34-31)24-10-7-11-27(21(24)2)36-33(39)42-20-22-8-5-4-6-9-22/h4-13,18-19,35H,3,14-17,20H2,1-2H3,(H,36,39). The van der Waals surface area contributed by atoms with E-state index in [1.807, 2.05) is 61.5 Å². The number of morpholine rings is 1. The Morgan fingerprint density at radius 2 is 1.81 bits per heavy atom. The number of carbonyl (C=O) groups is 2. The molecule has 214 valence electrons. The molecule has 1 amide bonds. The lowest BCUT2D eigenvalue weighted by atomic mass is 9.96. The van der Waals surface area contributed by atoms with Gasteiger partial charge in [-0.2, -0.15) is 0 Å². The van der Waals surface area contributed by atoms with Gasteiger partial charge in [-0.25, -0.2) is 14.6 Å². The van der Waals surface area contributed by atoms with E-state index in [0.717, 1.165) is 57.3 Å². The number of hydrogen-bond acceptors (Lipinski definition) is 7. The smallest absolute Gasteiger partial charge is 0.411 e. The predicted molar refractivity (Wildman–Crippen MR) is 163 cm³/mol. The third-order valence-corrected chi connectivity index (χ3v) is 7.53. The molecule has 3 aromatic carbocycles. The molecule has 0 spiro atoms. The minimum absolute atomic E-state index is 0.173. The Labute approximate surface area is 243 Å². The van der Waals surface area contributed by atoms with Gasteiger partial charge in [0.05, 0.1) is 25.3 Å². The number of aromatic nitrogens is 2. The van der Waals surface area contributed by atoms with Gasteiger partial charge in [0.2, 0.25) is 0 Å². The summed E-state index contributed by atoms with van der Waals surface area (Å²) in [5.74, 6) is -0.484. The highest BCUT2D eigenvalue weighted by Crippen LogP contribution is 2.39. The molecule has 0 aliphatic carbocycles. The second-order valence-electron chi connectivity index (χ2n) is 10.1. The number of ether oxygens (including phenoxy) is 3. The van der Waals surface area contributed by atoms with E-state index in [9.17, 15) is 9.59 Å². The van der Waals surface area contributed by atoms with Gasteiger partial charge in [-0.15, -0.1) is 0 Å². The van der Waals surface area contributed by atoms with Crippen molar-refractivity contribution in [3.63, 3.8) is 0 Å². The van der Waals surface area contributed by atoms with E-state index in [-0.39, 0.29) is 18.9 Å². The second-order valence-corrected chi connectivity index (χ2v) is 10.1. The van der Waals surface area contributed by atoms with Gasteiger partial charge in [0.15, 0.2) is 5.69 Å². The summed E-state index contributed by atoms with van der Waals surface area (Å²) in [6.07, 6.45) is 1.17. The van der Waals surface area contributed by atoms with Crippen LogP contribution in [-0.2, 0) is 20.8 Å². The molecule has 9 nitrogen and oxygen atoms in total. The van der Waals surface area contributed by atoms with Crippen LogP contribution in [0.1, 0.15) is 28.5 Å². The zero-order valence-corrected chi connectivity index (χ0v) is 23.6. The summed E-state index contributed by atoms with van der Waals surface area (Å²) >= 11 is 0. The quantitative estimate of drug-likeness (QED) is 0.219. The number of anilines is 2. The molecule has 0 saturated carbocycles. The first-order chi connectivity index (χ1) is 20.5. The van der Waals surface area contributed by atoms with Crippen molar-refractivity contribution in [2.24, 2.45) is 0 Å². The summed E-state index contributed by atoms with van der Waals surface area (Å²) in [4.78, 5) is 35.9. The van der Waals surface area contributed by atoms with Crippen LogP contribution in [0, 0.1) is 6.92 Å². The molecule has 0 bridgehead atoms. The maximum Gasteiger partial charge on any atom is 0.411 e. The fraction of sp³-hybridized carbons (Fsp3) is 0.242. The Balaban J connectivity index is 1.42. The highest BCUT2D eigenvalue weighted by molar-refractivity contribution is 6.19. The molecule has 1 fully saturated rings. The van der Waals surface area contributed by atoms with E-state index in [0.29, 0.717) is 24.4 Å². The van der Waals surface area contributed by atoms with E-state index < -0.39 is 12.1 Å². The number of nitrogens with one attached hydrogen (secondary N) is 2. The fourth-order valence-corrected chi connectivity index (χ4v) is 5.40. The predicted octanol–water partition coefficient (Wildman–Crippen LogP) is 6.45. The highest BCUT2D eigenvalue weighted by Gasteiger charge is 2.23. The van der Waals surface area contributed by atoms with Gasteiger partial charge < -0.3 is 24.1 Å². The molecule has 9 heteroatoms. The lowest BCUT2D eigenvalue weighted by molar-refractivity contribution is 0.0522. The van der Waals surface area contributed by atoms with Crippen LogP contribution in [-0.4, -0.2) is 54.9 Å². The number of fused-ring (bicyclic) bond motifs is 3. The van der Waals surface area contributed by atoms with E-state index >= 15 is 0 Å². The van der Waals surface area contributed by atoms with Crippen LogP contribution in [0.5, 0.6) is 0 Å². The van der Waals surface area contributed by atoms with Crippen LogP contribution in [0.25, 0.3) is 32.9 Å². The minimum atomic E-state index is -0.540. The zero-order valence-electron chi connectivity index (χ0n) is 23.6. The third kappa shape index (κ3) is 5.38. The summed E-state index contributed by atoms with van der Waals surface area (Å²) in [5.41, 5.74) is 6.91. The van der Waals surface area contributed by atoms with Crippen LogP contribution in [0.3, 0.4) is 0 Å². The number of hydrogen-bond donors (Lipinski definition) is 2. The molecule has 2 N–H and O–H groups in total. The lowest BCUT2D eigenvalue weighted by Crippen LogP contribution is -2.36. The number of amides is 1. The number of benzene rings is 3. The summed E-state index contributed by atoms with van der Waals surface area (Å²) in [5, 5.41) is 4.72. The second kappa shape index (κ2) is 11.9. The molecule has 1 aliphatic heterocycles. The van der Waals surface area contributed by atoms with Crippen molar-refractivity contribution in [2.75, 3.05) is 43.1 Å². The zero-order chi connectivity index (χ0) is 29.1. The van der Waals surface area contributed by atoms with Crippen LogP contribution in [0.15, 0.2) is 72.9 Å². The number of rotatable bonds is 7. The fourth-order valence-electron chi connectivity index (χ4n) is 5.40. The van der Waals surface area contributed by atoms with Crippen molar-refractivity contribution in [3.8, 4) is 11.1 Å². The molecular formula is C33H32N4O5. The van der Waals surface area contributed by atoms with E-state index in [4.69, 9.17) is 14.2 Å². The number of esters is 1. The Kier molecular flexibility index (Phi) is 7.74. The SMILES string of the molecule is CCOC(=O)c1ncc(-c2cccc(NC(=O)OCc3ccccc3)c2C)c2c1[nH]c1ccc(N3CCOCC3)cc12. The van der Waals surface area contributed by atoms with Gasteiger partial charge in [0.1, 0.15) is 6.61 Å². The monoisotopic (exact) mass is 564 g/mol. The summed E-state index contributed by atoms with van der Waals surface area (Å²) in [6, 6.07) is 21.5. The van der Waals surface area contributed by atoms with Crippen molar-refractivity contribution in [1.29, 1.82) is 0 Å². The molecule has 5 aromatic rings. The highest BCUT2D eigenvalue weighted by atomic mass is 16.5. The van der Waals surface area contributed by atoms with Crippen LogP contribution < -0.4 is 10.2 Å². The first-order valence-electron chi connectivity index (χ1n) is 14.1. The van der Waals surface area contributed by atoms with Crippen LogP contribution in [0.4, 0.5) is 16.2 Å². The Bertz CT molecular complexity index is 1760. The Morgan fingerprint density at radius 1 is 1.00 bits per heavy atom. The molecule has 1 saturated heterocycles. The number of aromatic amines is 1. The van der Waals surface area contributed by atoms with Gasteiger partial charge in [-0.3, -0.25) is 5.32 Å². The molecule has 0 radical (unpaired) electrons. The molecule has 2 aromatic heterocycles. The maximum absolute atomic E-state index is 12.9. The van der Waals surface area contributed by atoms with Crippen LogP contribution in [0.2, 0.25) is 0 Å². The van der Waals surface area contributed by atoms with E-state index in [1.54, 1.807) is 13.1 Å². The molecule has 0 unspecified atom stereocenters. The topological polar surface area (TPSA) is 106 Å². The van der Waals surface area contributed by atoms with Gasteiger partial charge >= 0.3 is 12.1 Å². The van der Waals surface area contributed by atoms with Gasteiger partial charge in [0.25, 0.3) is 0 Å². The average molecular weight is 565 g/mol. The first kappa shape index (κ1) is 27.3. The summed E-state index contributed by atoms with van der Waals surface area (Å²) in [7, 11) is 0. The number of carbonyl (C=O) groups excluding carboxylic acids is 2. The van der Waals surface area contributed by atoms with Crippen molar-refractivity contribution >= 4 is 45.2 Å².